The Morgan fingerprint density at radius 2 is 1.63 bits per heavy atom. The summed E-state index contributed by atoms with van der Waals surface area (Å²) in [5.74, 6) is -1.25. The van der Waals surface area contributed by atoms with Crippen LogP contribution in [0.4, 0.5) is 4.79 Å². The molecule has 1 amide bonds. The summed E-state index contributed by atoms with van der Waals surface area (Å²) in [4.78, 5) is 24.3. The predicted molar refractivity (Wildman–Crippen MR) is 153 cm³/mol. The van der Waals surface area contributed by atoms with Gasteiger partial charge in [-0.15, -0.1) is 0 Å². The molecule has 1 aliphatic heterocycles. The van der Waals surface area contributed by atoms with Gasteiger partial charge in [-0.3, -0.25) is 15.1 Å². The van der Waals surface area contributed by atoms with E-state index >= 15 is 0 Å². The van der Waals surface area contributed by atoms with Crippen molar-refractivity contribution in [2.75, 3.05) is 0 Å². The molecule has 0 bridgehead atoms. The van der Waals surface area contributed by atoms with E-state index in [1.165, 1.54) is 18.2 Å². The van der Waals surface area contributed by atoms with Gasteiger partial charge in [-0.2, -0.15) is 0 Å². The minimum Gasteiger partial charge on any atom is -0.450 e. The van der Waals surface area contributed by atoms with E-state index in [1.807, 2.05) is 12.1 Å². The molecule has 1 aliphatic rings. The van der Waals surface area contributed by atoms with E-state index in [9.17, 15) is 23.1 Å². The molecule has 6 N–H and O–H groups in total. The topological polar surface area (TPSA) is 177 Å². The number of nitrogens with zero attached hydrogens (tertiary/aromatic N) is 1. The van der Waals surface area contributed by atoms with Crippen molar-refractivity contribution in [3.63, 3.8) is 0 Å². The molecular formula is C30H28N4O6S. The lowest BCUT2D eigenvalue weighted by atomic mass is 9.96. The monoisotopic (exact) mass is 572 g/mol. The van der Waals surface area contributed by atoms with E-state index in [4.69, 9.17) is 21.6 Å². The zero-order chi connectivity index (χ0) is 29.4. The van der Waals surface area contributed by atoms with Gasteiger partial charge < -0.3 is 21.3 Å². The highest BCUT2D eigenvalue weighted by molar-refractivity contribution is 7.93. The first-order valence-electron chi connectivity index (χ1n) is 12.7. The Morgan fingerprint density at radius 1 is 0.951 bits per heavy atom. The van der Waals surface area contributed by atoms with Crippen LogP contribution in [0.5, 0.6) is 0 Å². The molecule has 0 saturated carbocycles. The Labute approximate surface area is 236 Å². The van der Waals surface area contributed by atoms with Gasteiger partial charge in [-0.25, -0.2) is 13.2 Å². The zero-order valence-electron chi connectivity index (χ0n) is 21.9. The van der Waals surface area contributed by atoms with Crippen LogP contribution >= 0.6 is 0 Å². The lowest BCUT2D eigenvalue weighted by molar-refractivity contribution is -0.147. The maximum Gasteiger partial charge on any atom is 0.507 e. The number of carboxylic acid groups (broad SMARTS) is 1. The minimum absolute atomic E-state index is 0.0279. The second-order valence-corrected chi connectivity index (χ2v) is 12.1. The second kappa shape index (κ2) is 10.7. The van der Waals surface area contributed by atoms with Crippen molar-refractivity contribution in [3.05, 3.63) is 113 Å². The highest BCUT2D eigenvalue weighted by Crippen LogP contribution is 2.33. The van der Waals surface area contributed by atoms with Gasteiger partial charge in [0.25, 0.3) is 5.91 Å². The molecule has 4 aromatic carbocycles. The first-order valence-corrected chi connectivity index (χ1v) is 14.2. The highest BCUT2D eigenvalue weighted by Gasteiger charge is 2.52. The molecule has 1 heterocycles. The molecule has 1 unspecified atom stereocenters. The number of hydrogen-bond acceptors (Lipinski definition) is 7. The molecule has 5 rings (SSSR count). The van der Waals surface area contributed by atoms with Crippen molar-refractivity contribution in [3.8, 4) is 0 Å². The predicted octanol–water partition coefficient (Wildman–Crippen LogP) is 3.40. The van der Waals surface area contributed by atoms with Crippen molar-refractivity contribution < 1.29 is 27.9 Å². The van der Waals surface area contributed by atoms with Gasteiger partial charge in [0, 0.05) is 24.9 Å². The molecule has 0 spiro atoms. The zero-order valence-corrected chi connectivity index (χ0v) is 22.7. The maximum atomic E-state index is 14.4. The summed E-state index contributed by atoms with van der Waals surface area (Å²) in [6.45, 7) is -0.105. The van der Waals surface area contributed by atoms with E-state index in [0.29, 0.717) is 16.5 Å². The van der Waals surface area contributed by atoms with Gasteiger partial charge >= 0.3 is 6.16 Å². The van der Waals surface area contributed by atoms with Crippen LogP contribution in [0.3, 0.4) is 0 Å². The number of nitrogen functional groups attached to an aromatic ring is 1. The molecule has 0 saturated heterocycles. The number of ether oxygens (including phenoxy) is 1. The molecule has 0 radical (unpaired) electrons. The van der Waals surface area contributed by atoms with Crippen LogP contribution in [0.1, 0.15) is 22.3 Å². The Balaban J connectivity index is 1.65. The first kappa shape index (κ1) is 27.8. The summed E-state index contributed by atoms with van der Waals surface area (Å²) in [6, 6.07) is 25.1. The first-order chi connectivity index (χ1) is 19.5. The van der Waals surface area contributed by atoms with Gasteiger partial charge in [0.1, 0.15) is 5.84 Å². The van der Waals surface area contributed by atoms with Crippen molar-refractivity contribution in [2.45, 2.75) is 35.4 Å². The average molecular weight is 573 g/mol. The SMILES string of the molecule is N=C(N)c1cccc(C[C@](N)(C(=O)N2Cc3ccccc3CC2OC(=O)O)S(=O)(=O)c2ccc3ccccc3c2)c1. The molecule has 41 heavy (non-hydrogen) atoms. The molecular weight excluding hydrogens is 544 g/mol. The summed E-state index contributed by atoms with van der Waals surface area (Å²) >= 11 is 0. The molecule has 10 nitrogen and oxygen atoms in total. The van der Waals surface area contributed by atoms with Gasteiger partial charge in [0.05, 0.1) is 4.90 Å². The summed E-state index contributed by atoms with van der Waals surface area (Å²) < 4.78 is 33.8. The van der Waals surface area contributed by atoms with Crippen LogP contribution in [0.25, 0.3) is 10.8 Å². The lowest BCUT2D eigenvalue weighted by Gasteiger charge is -2.40. The number of amides is 1. The molecule has 0 aliphatic carbocycles. The molecule has 4 aromatic rings. The summed E-state index contributed by atoms with van der Waals surface area (Å²) in [5, 5.41) is 18.7. The van der Waals surface area contributed by atoms with Gasteiger partial charge in [-0.05, 0) is 45.7 Å². The van der Waals surface area contributed by atoms with Gasteiger partial charge in [0.2, 0.25) is 14.7 Å². The third-order valence-corrected chi connectivity index (χ3v) is 9.43. The van der Waals surface area contributed by atoms with Crippen LogP contribution in [0.2, 0.25) is 0 Å². The second-order valence-electron chi connectivity index (χ2n) is 9.94. The van der Waals surface area contributed by atoms with Crippen LogP contribution in [0.15, 0.2) is 95.9 Å². The largest absolute Gasteiger partial charge is 0.507 e. The van der Waals surface area contributed by atoms with E-state index in [0.717, 1.165) is 21.4 Å². The number of hydrogen-bond donors (Lipinski definition) is 4. The smallest absolute Gasteiger partial charge is 0.450 e. The van der Waals surface area contributed by atoms with E-state index in [-0.39, 0.29) is 23.7 Å². The number of amidine groups is 1. The number of rotatable bonds is 7. The van der Waals surface area contributed by atoms with Crippen LogP contribution in [-0.2, 0) is 38.8 Å². The van der Waals surface area contributed by atoms with E-state index < -0.39 is 39.4 Å². The summed E-state index contributed by atoms with van der Waals surface area (Å²) in [5.41, 5.74) is 14.6. The quantitative estimate of drug-likeness (QED) is 0.148. The number of benzene rings is 4. The Bertz CT molecular complexity index is 1790. The molecule has 210 valence electrons. The number of nitrogens with one attached hydrogen (secondary N) is 1. The number of carbonyl (C=O) groups excluding carboxylic acids is 1. The molecule has 11 heteroatoms. The van der Waals surface area contributed by atoms with Crippen LogP contribution in [-0.4, -0.2) is 47.4 Å². The maximum absolute atomic E-state index is 14.4. The summed E-state index contributed by atoms with van der Waals surface area (Å²) in [7, 11) is -4.60. The van der Waals surface area contributed by atoms with Crippen molar-refractivity contribution >= 4 is 38.5 Å². The number of fused-ring (bicyclic) bond motifs is 2. The molecule has 0 fully saturated rings. The lowest BCUT2D eigenvalue weighted by Crippen LogP contribution is -2.64. The Kier molecular flexibility index (Phi) is 7.24. The van der Waals surface area contributed by atoms with E-state index in [1.54, 1.807) is 60.7 Å². The van der Waals surface area contributed by atoms with Gasteiger partial charge in [-0.1, -0.05) is 72.8 Å². The average Bonchev–Trinajstić information content (AvgIpc) is 2.95. The number of sulfone groups is 1. The van der Waals surface area contributed by atoms with Crippen LogP contribution < -0.4 is 11.5 Å². The Hall–Kier alpha value is -4.74. The number of nitrogens with two attached hydrogens (primary N) is 2. The third-order valence-electron chi connectivity index (χ3n) is 7.28. The van der Waals surface area contributed by atoms with Crippen molar-refractivity contribution in [1.29, 1.82) is 5.41 Å². The van der Waals surface area contributed by atoms with Crippen molar-refractivity contribution in [1.82, 2.24) is 4.90 Å². The normalized spacial score (nSPS) is 16.4. The summed E-state index contributed by atoms with van der Waals surface area (Å²) in [6.07, 6.45) is -3.35. The van der Waals surface area contributed by atoms with Gasteiger partial charge in [0.15, 0.2) is 6.23 Å². The fraction of sp³-hybridized carbons (Fsp3) is 0.167. The third kappa shape index (κ3) is 5.24. The standard InChI is InChI=1S/C30H28N4O6S/c31-27(32)23-11-5-6-19(14-23)17-30(33,41(38,39)25-13-12-20-7-1-2-8-21(20)15-25)28(35)34-18-24-10-4-3-9-22(24)16-26(34)40-29(36)37/h1-15,26H,16-18,33H2,(H3,31,32)(H,36,37)/t26?,30-/m1/s1. The van der Waals surface area contributed by atoms with E-state index in [2.05, 4.69) is 0 Å². The molecule has 2 atom stereocenters. The highest BCUT2D eigenvalue weighted by atomic mass is 32.2. The Morgan fingerprint density at radius 3 is 2.34 bits per heavy atom. The fourth-order valence-electron chi connectivity index (χ4n) is 5.14. The fourth-order valence-corrected chi connectivity index (χ4v) is 6.80. The molecule has 0 aromatic heterocycles. The van der Waals surface area contributed by atoms with Crippen LogP contribution in [0, 0.1) is 5.41 Å². The number of carbonyl (C=O) groups is 2. The van der Waals surface area contributed by atoms with Crippen molar-refractivity contribution in [2.24, 2.45) is 11.5 Å². The minimum atomic E-state index is -4.60.